The molecular formula is C21H25NO8. The highest BCUT2D eigenvalue weighted by molar-refractivity contribution is 5.93. The Morgan fingerprint density at radius 3 is 2.33 bits per heavy atom. The van der Waals surface area contributed by atoms with Crippen LogP contribution in [0.15, 0.2) is 30.3 Å². The molecule has 2 rings (SSSR count). The van der Waals surface area contributed by atoms with E-state index in [0.29, 0.717) is 5.56 Å². The van der Waals surface area contributed by atoms with Gasteiger partial charge in [0.05, 0.1) is 13.5 Å². The lowest BCUT2D eigenvalue weighted by Crippen LogP contribution is -2.53. The zero-order valence-electron chi connectivity index (χ0n) is 17.2. The van der Waals surface area contributed by atoms with E-state index >= 15 is 0 Å². The molecule has 30 heavy (non-hydrogen) atoms. The Balaban J connectivity index is 2.40. The fourth-order valence-electron chi connectivity index (χ4n) is 3.18. The van der Waals surface area contributed by atoms with Crippen molar-refractivity contribution in [1.29, 1.82) is 0 Å². The average molecular weight is 419 g/mol. The second-order valence-corrected chi connectivity index (χ2v) is 7.07. The molecular weight excluding hydrogens is 394 g/mol. The van der Waals surface area contributed by atoms with Crippen LogP contribution in [0.4, 0.5) is 4.79 Å². The van der Waals surface area contributed by atoms with E-state index in [1.54, 1.807) is 37.3 Å². The molecule has 1 aliphatic heterocycles. The number of amides is 1. The van der Waals surface area contributed by atoms with E-state index in [0.717, 1.165) is 18.9 Å². The molecule has 1 fully saturated rings. The van der Waals surface area contributed by atoms with Gasteiger partial charge in [-0.15, -0.1) is 0 Å². The van der Waals surface area contributed by atoms with Crippen molar-refractivity contribution >= 4 is 29.6 Å². The summed E-state index contributed by atoms with van der Waals surface area (Å²) in [4.78, 5) is 62.8. The monoisotopic (exact) mass is 419 g/mol. The molecule has 1 heterocycles. The van der Waals surface area contributed by atoms with E-state index < -0.39 is 36.2 Å². The van der Waals surface area contributed by atoms with Gasteiger partial charge in [0.15, 0.2) is 6.23 Å². The molecule has 1 aromatic carbocycles. The zero-order valence-corrected chi connectivity index (χ0v) is 17.2. The molecule has 0 N–H and O–H groups in total. The first-order valence-electron chi connectivity index (χ1n) is 9.51. The second-order valence-electron chi connectivity index (χ2n) is 7.07. The van der Waals surface area contributed by atoms with Crippen LogP contribution in [0.1, 0.15) is 38.7 Å². The lowest BCUT2D eigenvalue weighted by Gasteiger charge is -2.34. The number of benzene rings is 1. The Morgan fingerprint density at radius 1 is 1.07 bits per heavy atom. The largest absolute Gasteiger partial charge is 0.467 e. The quantitative estimate of drug-likeness (QED) is 0.537. The van der Waals surface area contributed by atoms with Crippen LogP contribution in [0.3, 0.4) is 0 Å². The number of Topliss-reactive ketones (excluding diaryl/α,β-unsaturated/α-hetero) is 2. The van der Waals surface area contributed by atoms with Crippen molar-refractivity contribution < 1.29 is 38.2 Å². The topological polar surface area (TPSA) is 116 Å². The molecule has 162 valence electrons. The molecule has 1 saturated heterocycles. The standard InChI is InChI=1S/C21H25NO8/c1-13-9-16(24)10-19(30-14(2)23)22(17(11-18(13)25)20(26)28-3)21(27)29-12-15-7-5-4-6-8-15/h4-8,13,17,19H,9-12H2,1-3H3/t13?,17-,19?/m0/s1. The van der Waals surface area contributed by atoms with Crippen molar-refractivity contribution in [2.45, 2.75) is 52.0 Å². The lowest BCUT2D eigenvalue weighted by atomic mass is 9.95. The molecule has 1 aromatic rings. The highest BCUT2D eigenvalue weighted by atomic mass is 16.6. The summed E-state index contributed by atoms with van der Waals surface area (Å²) in [5.74, 6) is -3.05. The maximum atomic E-state index is 12.9. The highest BCUT2D eigenvalue weighted by Crippen LogP contribution is 2.24. The van der Waals surface area contributed by atoms with Crippen LogP contribution >= 0.6 is 0 Å². The molecule has 0 aromatic heterocycles. The van der Waals surface area contributed by atoms with Gasteiger partial charge in [0.1, 0.15) is 24.2 Å². The minimum absolute atomic E-state index is 0.0859. The Bertz CT molecular complexity index is 806. The van der Waals surface area contributed by atoms with E-state index in [1.165, 1.54) is 0 Å². The lowest BCUT2D eigenvalue weighted by molar-refractivity contribution is -0.166. The van der Waals surface area contributed by atoms with Crippen molar-refractivity contribution in [2.75, 3.05) is 7.11 Å². The zero-order chi connectivity index (χ0) is 22.3. The Labute approximate surface area is 174 Å². The Morgan fingerprint density at radius 2 is 1.73 bits per heavy atom. The van der Waals surface area contributed by atoms with Crippen LogP contribution in [0.2, 0.25) is 0 Å². The normalized spacial score (nSPS) is 22.4. The van der Waals surface area contributed by atoms with E-state index in [1.807, 2.05) is 0 Å². The van der Waals surface area contributed by atoms with Gasteiger partial charge < -0.3 is 14.2 Å². The van der Waals surface area contributed by atoms with Crippen LogP contribution in [-0.2, 0) is 40.0 Å². The number of ketones is 2. The summed E-state index contributed by atoms with van der Waals surface area (Å²) in [7, 11) is 1.11. The SMILES string of the molecule is COC(=O)[C@@H]1CC(=O)C(C)CC(=O)CC(OC(C)=O)N1C(=O)OCc1ccccc1. The van der Waals surface area contributed by atoms with Gasteiger partial charge in [0.25, 0.3) is 0 Å². The number of carbonyl (C=O) groups is 5. The van der Waals surface area contributed by atoms with E-state index in [4.69, 9.17) is 14.2 Å². The van der Waals surface area contributed by atoms with E-state index in [9.17, 15) is 24.0 Å². The van der Waals surface area contributed by atoms with Gasteiger partial charge in [0, 0.05) is 25.7 Å². The van der Waals surface area contributed by atoms with E-state index in [-0.39, 0.29) is 37.4 Å². The van der Waals surface area contributed by atoms with Crippen molar-refractivity contribution in [3.63, 3.8) is 0 Å². The second kappa shape index (κ2) is 10.5. The van der Waals surface area contributed by atoms with Gasteiger partial charge in [-0.25, -0.2) is 9.59 Å². The predicted molar refractivity (Wildman–Crippen MR) is 103 cm³/mol. The fraction of sp³-hybridized carbons (Fsp3) is 0.476. The smallest absolute Gasteiger partial charge is 0.413 e. The number of hydrogen-bond acceptors (Lipinski definition) is 8. The van der Waals surface area contributed by atoms with Crippen molar-refractivity contribution in [3.8, 4) is 0 Å². The van der Waals surface area contributed by atoms with Crippen LogP contribution in [0.5, 0.6) is 0 Å². The number of ether oxygens (including phenoxy) is 3. The molecule has 9 heteroatoms. The summed E-state index contributed by atoms with van der Waals surface area (Å²) in [5, 5.41) is 0. The maximum absolute atomic E-state index is 12.9. The average Bonchev–Trinajstić information content (AvgIpc) is 2.74. The first-order valence-corrected chi connectivity index (χ1v) is 9.51. The minimum Gasteiger partial charge on any atom is -0.467 e. The van der Waals surface area contributed by atoms with E-state index in [2.05, 4.69) is 0 Å². The van der Waals surface area contributed by atoms with Gasteiger partial charge in [-0.05, 0) is 5.56 Å². The third-order valence-electron chi connectivity index (χ3n) is 4.72. The molecule has 1 aliphatic rings. The summed E-state index contributed by atoms with van der Waals surface area (Å²) in [6.07, 6.45) is -3.25. The summed E-state index contributed by atoms with van der Waals surface area (Å²) < 4.78 is 15.3. The van der Waals surface area contributed by atoms with Gasteiger partial charge in [0.2, 0.25) is 0 Å². The highest BCUT2D eigenvalue weighted by Gasteiger charge is 2.43. The van der Waals surface area contributed by atoms with Crippen molar-refractivity contribution in [1.82, 2.24) is 4.90 Å². The molecule has 0 saturated carbocycles. The van der Waals surface area contributed by atoms with Crippen LogP contribution in [0.25, 0.3) is 0 Å². The molecule has 9 nitrogen and oxygen atoms in total. The molecule has 2 unspecified atom stereocenters. The molecule has 0 bridgehead atoms. The number of rotatable bonds is 4. The van der Waals surface area contributed by atoms with Gasteiger partial charge >= 0.3 is 18.0 Å². The van der Waals surface area contributed by atoms with Crippen molar-refractivity contribution in [2.24, 2.45) is 5.92 Å². The molecule has 0 radical (unpaired) electrons. The Kier molecular flexibility index (Phi) is 8.08. The van der Waals surface area contributed by atoms with Gasteiger partial charge in [-0.2, -0.15) is 0 Å². The first-order chi connectivity index (χ1) is 14.2. The summed E-state index contributed by atoms with van der Waals surface area (Å²) in [5.41, 5.74) is 0.689. The Hall–Kier alpha value is -3.23. The number of esters is 2. The predicted octanol–water partition coefficient (Wildman–Crippen LogP) is 2.01. The number of carbonyl (C=O) groups excluding carboxylic acids is 5. The molecule has 3 atom stereocenters. The minimum atomic E-state index is -1.40. The number of nitrogens with zero attached hydrogens (tertiary/aromatic N) is 1. The first kappa shape index (κ1) is 23.1. The fourth-order valence-corrected chi connectivity index (χ4v) is 3.18. The van der Waals surface area contributed by atoms with Gasteiger partial charge in [-0.3, -0.25) is 19.3 Å². The molecule has 0 spiro atoms. The summed E-state index contributed by atoms with van der Waals surface area (Å²) in [6.45, 7) is 2.57. The van der Waals surface area contributed by atoms with Gasteiger partial charge in [-0.1, -0.05) is 37.3 Å². The molecule has 1 amide bonds. The van der Waals surface area contributed by atoms with Crippen LogP contribution < -0.4 is 0 Å². The summed E-state index contributed by atoms with van der Waals surface area (Å²) in [6, 6.07) is 7.41. The summed E-state index contributed by atoms with van der Waals surface area (Å²) >= 11 is 0. The maximum Gasteiger partial charge on any atom is 0.413 e. The van der Waals surface area contributed by atoms with Crippen LogP contribution in [-0.4, -0.2) is 53.9 Å². The number of methoxy groups -OCH3 is 1. The third-order valence-corrected chi connectivity index (χ3v) is 4.72. The molecule has 0 aliphatic carbocycles. The van der Waals surface area contributed by atoms with Crippen molar-refractivity contribution in [3.05, 3.63) is 35.9 Å². The van der Waals surface area contributed by atoms with Crippen LogP contribution in [0, 0.1) is 5.92 Å². The number of hydrogen-bond donors (Lipinski definition) is 0. The third kappa shape index (κ3) is 6.13.